The molecule has 4 saturated carbocycles. The lowest BCUT2D eigenvalue weighted by Gasteiger charge is -2.57. The Balaban J connectivity index is 1.67. The summed E-state index contributed by atoms with van der Waals surface area (Å²) in [6, 6.07) is 3.55. The summed E-state index contributed by atoms with van der Waals surface area (Å²) in [5, 5.41) is 27.0. The van der Waals surface area contributed by atoms with Crippen LogP contribution in [0.2, 0.25) is 0 Å². The zero-order valence-electron chi connectivity index (χ0n) is 16.7. The molecule has 0 unspecified atom stereocenters. The fraction of sp³-hybridized carbons (Fsp3) is 0.650. The number of nitro benzene ring substituents is 2. The SMILES string of the molecule is CO[C@H](C)/C(=N/Nc1ccc([N+](=O)[O-])cc1[N+](=O)[O-])C12CC3CC(CC(C3)C1)C2. The third-order valence-electron chi connectivity index (χ3n) is 7.01. The molecular formula is C20H26N4O5. The number of hydrazone groups is 1. The van der Waals surface area contributed by atoms with E-state index < -0.39 is 9.85 Å². The summed E-state index contributed by atoms with van der Waals surface area (Å²) >= 11 is 0. The molecule has 1 aromatic carbocycles. The molecule has 0 spiro atoms. The molecule has 29 heavy (non-hydrogen) atoms. The van der Waals surface area contributed by atoms with E-state index in [0.29, 0.717) is 0 Å². The number of benzene rings is 1. The summed E-state index contributed by atoms with van der Waals surface area (Å²) in [4.78, 5) is 21.1. The summed E-state index contributed by atoms with van der Waals surface area (Å²) in [5.41, 5.74) is 3.19. The van der Waals surface area contributed by atoms with Crippen molar-refractivity contribution >= 4 is 22.8 Å². The minimum Gasteiger partial charge on any atom is -0.376 e. The molecule has 156 valence electrons. The van der Waals surface area contributed by atoms with Gasteiger partial charge in [-0.2, -0.15) is 5.10 Å². The molecule has 1 atom stereocenters. The van der Waals surface area contributed by atoms with Crippen LogP contribution in [0.5, 0.6) is 0 Å². The van der Waals surface area contributed by atoms with Gasteiger partial charge in [0.2, 0.25) is 0 Å². The summed E-state index contributed by atoms with van der Waals surface area (Å²) < 4.78 is 5.62. The van der Waals surface area contributed by atoms with Gasteiger partial charge in [0, 0.05) is 18.6 Å². The van der Waals surface area contributed by atoms with Crippen molar-refractivity contribution in [3.05, 3.63) is 38.4 Å². The Morgan fingerprint density at radius 2 is 1.72 bits per heavy atom. The summed E-state index contributed by atoms with van der Waals surface area (Å²) in [6.45, 7) is 1.96. The molecule has 9 heteroatoms. The first-order chi connectivity index (χ1) is 13.8. The molecule has 0 amide bonds. The van der Waals surface area contributed by atoms with Gasteiger partial charge in [0.25, 0.3) is 5.69 Å². The van der Waals surface area contributed by atoms with Crippen molar-refractivity contribution in [1.82, 2.24) is 0 Å². The zero-order valence-corrected chi connectivity index (χ0v) is 16.7. The van der Waals surface area contributed by atoms with Gasteiger partial charge >= 0.3 is 5.69 Å². The van der Waals surface area contributed by atoms with Crippen LogP contribution in [0.1, 0.15) is 45.4 Å². The van der Waals surface area contributed by atoms with Gasteiger partial charge in [-0.1, -0.05) is 0 Å². The van der Waals surface area contributed by atoms with E-state index in [0.717, 1.165) is 48.8 Å². The quantitative estimate of drug-likeness (QED) is 0.407. The highest BCUT2D eigenvalue weighted by Gasteiger charge is 2.54. The molecule has 4 bridgehead atoms. The highest BCUT2D eigenvalue weighted by molar-refractivity contribution is 5.95. The lowest BCUT2D eigenvalue weighted by molar-refractivity contribution is -0.393. The van der Waals surface area contributed by atoms with Crippen molar-refractivity contribution in [3.63, 3.8) is 0 Å². The molecule has 0 aliphatic heterocycles. The van der Waals surface area contributed by atoms with Crippen molar-refractivity contribution in [3.8, 4) is 0 Å². The fourth-order valence-electron chi connectivity index (χ4n) is 6.18. The number of hydrogen-bond acceptors (Lipinski definition) is 7. The normalized spacial score (nSPS) is 31.5. The number of nitro groups is 2. The molecule has 4 aliphatic carbocycles. The van der Waals surface area contributed by atoms with Gasteiger partial charge in [0.1, 0.15) is 5.69 Å². The van der Waals surface area contributed by atoms with Crippen LogP contribution in [0.25, 0.3) is 0 Å². The van der Waals surface area contributed by atoms with Crippen LogP contribution in [0.4, 0.5) is 17.1 Å². The smallest absolute Gasteiger partial charge is 0.301 e. The van der Waals surface area contributed by atoms with Gasteiger partial charge in [-0.15, -0.1) is 0 Å². The number of rotatable bonds is 7. The van der Waals surface area contributed by atoms with Gasteiger partial charge < -0.3 is 4.74 Å². The van der Waals surface area contributed by atoms with E-state index in [1.807, 2.05) is 6.92 Å². The van der Waals surface area contributed by atoms with Gasteiger partial charge in [-0.3, -0.25) is 25.7 Å². The number of nitrogens with one attached hydrogen (secondary N) is 1. The molecule has 0 radical (unpaired) electrons. The minimum atomic E-state index is -0.645. The highest BCUT2D eigenvalue weighted by atomic mass is 16.6. The van der Waals surface area contributed by atoms with Gasteiger partial charge in [-0.25, -0.2) is 0 Å². The predicted molar refractivity (Wildman–Crippen MR) is 108 cm³/mol. The standard InChI is InChI=1S/C20H26N4O5/c1-12(29-2)19(20-9-13-5-14(10-20)7-15(6-13)11-20)22-21-17-4-3-16(23(25)26)8-18(17)24(27)28/h3-4,8,12-15,21H,5-7,9-11H2,1-2H3/b22-19-/t12-,13?,14?,15?,20?/m1/s1. The molecular weight excluding hydrogens is 376 g/mol. The van der Waals surface area contributed by atoms with Gasteiger partial charge in [0.15, 0.2) is 0 Å². The second-order valence-corrected chi connectivity index (χ2v) is 8.90. The maximum atomic E-state index is 11.4. The Hall–Kier alpha value is -2.55. The van der Waals surface area contributed by atoms with Crippen LogP contribution in [-0.2, 0) is 4.74 Å². The van der Waals surface area contributed by atoms with Gasteiger partial charge in [-0.05, 0) is 69.3 Å². The number of non-ortho nitro benzene ring substituents is 1. The van der Waals surface area contributed by atoms with Gasteiger partial charge in [0.05, 0.1) is 27.7 Å². The zero-order chi connectivity index (χ0) is 20.8. The molecule has 4 fully saturated rings. The fourth-order valence-corrected chi connectivity index (χ4v) is 6.18. The Bertz CT molecular complexity index is 833. The van der Waals surface area contributed by atoms with Crippen LogP contribution in [-0.4, -0.2) is 28.8 Å². The third kappa shape index (κ3) is 3.59. The van der Waals surface area contributed by atoms with Crippen LogP contribution in [0.3, 0.4) is 0 Å². The number of anilines is 1. The molecule has 1 N–H and O–H groups in total. The average Bonchev–Trinajstić information content (AvgIpc) is 2.66. The van der Waals surface area contributed by atoms with Crippen LogP contribution < -0.4 is 5.43 Å². The van der Waals surface area contributed by atoms with Crippen molar-refractivity contribution in [2.45, 2.75) is 51.6 Å². The predicted octanol–water partition coefficient (Wildman–Crippen LogP) is 4.52. The summed E-state index contributed by atoms with van der Waals surface area (Å²) in [5.74, 6) is 2.18. The maximum Gasteiger partial charge on any atom is 0.301 e. The number of hydrogen-bond donors (Lipinski definition) is 1. The molecule has 0 saturated heterocycles. The number of methoxy groups -OCH3 is 1. The van der Waals surface area contributed by atoms with E-state index in [1.165, 1.54) is 31.4 Å². The second-order valence-electron chi connectivity index (χ2n) is 8.90. The second kappa shape index (κ2) is 7.37. The first-order valence-corrected chi connectivity index (χ1v) is 10.1. The van der Waals surface area contributed by atoms with Crippen LogP contribution in [0.15, 0.2) is 23.3 Å². The first kappa shape index (κ1) is 19.8. The summed E-state index contributed by atoms with van der Waals surface area (Å²) in [7, 11) is 1.65. The molecule has 0 heterocycles. The molecule has 5 rings (SSSR count). The van der Waals surface area contributed by atoms with Crippen LogP contribution in [0, 0.1) is 43.4 Å². The number of nitrogens with zero attached hydrogens (tertiary/aromatic N) is 3. The van der Waals surface area contributed by atoms with E-state index in [9.17, 15) is 20.2 Å². The lowest BCUT2D eigenvalue weighted by Crippen LogP contribution is -2.52. The Labute approximate surface area is 168 Å². The Morgan fingerprint density at radius 1 is 1.14 bits per heavy atom. The molecule has 0 aromatic heterocycles. The van der Waals surface area contributed by atoms with E-state index in [1.54, 1.807) is 7.11 Å². The van der Waals surface area contributed by atoms with Crippen LogP contribution >= 0.6 is 0 Å². The van der Waals surface area contributed by atoms with E-state index >= 15 is 0 Å². The summed E-state index contributed by atoms with van der Waals surface area (Å²) in [6.07, 6.45) is 6.97. The van der Waals surface area contributed by atoms with E-state index in [-0.39, 0.29) is 28.6 Å². The molecule has 4 aliphatic rings. The molecule has 1 aromatic rings. The Morgan fingerprint density at radius 3 is 2.21 bits per heavy atom. The van der Waals surface area contributed by atoms with Crippen molar-refractivity contribution in [2.24, 2.45) is 28.3 Å². The highest BCUT2D eigenvalue weighted by Crippen LogP contribution is 2.61. The lowest BCUT2D eigenvalue weighted by atomic mass is 9.48. The first-order valence-electron chi connectivity index (χ1n) is 10.1. The van der Waals surface area contributed by atoms with Crippen molar-refractivity contribution in [2.75, 3.05) is 12.5 Å². The largest absolute Gasteiger partial charge is 0.376 e. The third-order valence-corrected chi connectivity index (χ3v) is 7.01. The Kier molecular flexibility index (Phi) is 5.02. The topological polar surface area (TPSA) is 120 Å². The average molecular weight is 402 g/mol. The van der Waals surface area contributed by atoms with Crippen molar-refractivity contribution in [1.29, 1.82) is 0 Å². The maximum absolute atomic E-state index is 11.4. The van der Waals surface area contributed by atoms with E-state index in [2.05, 4.69) is 10.5 Å². The molecule has 9 nitrogen and oxygen atoms in total. The monoisotopic (exact) mass is 402 g/mol. The van der Waals surface area contributed by atoms with Crippen molar-refractivity contribution < 1.29 is 14.6 Å². The number of ether oxygens (including phenoxy) is 1. The minimum absolute atomic E-state index is 0.0211. The van der Waals surface area contributed by atoms with E-state index in [4.69, 9.17) is 4.74 Å².